The molecule has 1 fully saturated rings. The summed E-state index contributed by atoms with van der Waals surface area (Å²) < 4.78 is 7.04. The summed E-state index contributed by atoms with van der Waals surface area (Å²) in [5, 5.41) is 29.0. The number of aliphatic hydroxyl groups is 3. The molecule has 20 heavy (non-hydrogen) atoms. The van der Waals surface area contributed by atoms with E-state index in [9.17, 15) is 10.2 Å². The third-order valence-corrected chi connectivity index (χ3v) is 3.50. The van der Waals surface area contributed by atoms with Gasteiger partial charge in [0.1, 0.15) is 29.7 Å². The molecule has 1 aliphatic rings. The normalized spacial score (nSPS) is 30.2. The molecule has 1 aliphatic heterocycles. The minimum Gasteiger partial charge on any atom is -0.394 e. The van der Waals surface area contributed by atoms with Gasteiger partial charge in [0.15, 0.2) is 11.9 Å². The van der Waals surface area contributed by atoms with Crippen LogP contribution in [0.15, 0.2) is 6.33 Å². The lowest BCUT2D eigenvalue weighted by Gasteiger charge is -2.16. The summed E-state index contributed by atoms with van der Waals surface area (Å²) in [6.45, 7) is 3.22. The predicted octanol–water partition coefficient (Wildman–Crippen LogP) is -0.945. The first-order chi connectivity index (χ1) is 9.52. The third-order valence-electron chi connectivity index (χ3n) is 3.50. The molecule has 0 spiro atoms. The Kier molecular flexibility index (Phi) is 3.17. The molecule has 3 rings (SSSR count). The van der Waals surface area contributed by atoms with Crippen molar-refractivity contribution in [3.63, 3.8) is 0 Å². The highest BCUT2D eigenvalue weighted by Crippen LogP contribution is 2.31. The van der Waals surface area contributed by atoms with Crippen molar-refractivity contribution < 1.29 is 20.1 Å². The van der Waals surface area contributed by atoms with Crippen LogP contribution in [0.3, 0.4) is 0 Å². The molecule has 2 aromatic heterocycles. The molecular formula is C12H16N4O4. The molecular weight excluding hydrogens is 264 g/mol. The molecule has 0 aromatic carbocycles. The molecule has 0 aliphatic carbocycles. The van der Waals surface area contributed by atoms with Crippen LogP contribution < -0.4 is 0 Å². The molecule has 1 saturated heterocycles. The van der Waals surface area contributed by atoms with Crippen molar-refractivity contribution in [1.82, 2.24) is 19.5 Å². The van der Waals surface area contributed by atoms with Crippen molar-refractivity contribution in [2.45, 2.75) is 38.4 Å². The van der Waals surface area contributed by atoms with Crippen molar-refractivity contribution in [3.05, 3.63) is 17.8 Å². The Morgan fingerprint density at radius 2 is 2.00 bits per heavy atom. The van der Waals surface area contributed by atoms with Crippen LogP contribution in [0.5, 0.6) is 0 Å². The van der Waals surface area contributed by atoms with Crippen LogP contribution in [0.2, 0.25) is 0 Å². The number of nitrogens with zero attached hydrogens (tertiary/aromatic N) is 4. The molecule has 3 N–H and O–H groups in total. The summed E-state index contributed by atoms with van der Waals surface area (Å²) in [6.07, 6.45) is -2.46. The fourth-order valence-corrected chi connectivity index (χ4v) is 2.49. The highest BCUT2D eigenvalue weighted by molar-refractivity contribution is 5.73. The number of aryl methyl sites for hydroxylation is 2. The summed E-state index contributed by atoms with van der Waals surface area (Å²) in [4.78, 5) is 12.7. The first kappa shape index (κ1) is 13.4. The molecule has 8 heteroatoms. The van der Waals surface area contributed by atoms with Crippen molar-refractivity contribution in [2.24, 2.45) is 0 Å². The number of fused-ring (bicyclic) bond motifs is 1. The number of rotatable bonds is 2. The second kappa shape index (κ2) is 4.74. The number of hydrogen-bond donors (Lipinski definition) is 3. The average Bonchev–Trinajstić information content (AvgIpc) is 2.93. The lowest BCUT2D eigenvalue weighted by molar-refractivity contribution is -0.0511. The number of hydrogen-bond acceptors (Lipinski definition) is 7. The van der Waals surface area contributed by atoms with E-state index in [4.69, 9.17) is 9.84 Å². The van der Waals surface area contributed by atoms with Crippen LogP contribution in [0.4, 0.5) is 0 Å². The Morgan fingerprint density at radius 1 is 1.25 bits per heavy atom. The molecule has 1 unspecified atom stereocenters. The zero-order chi connectivity index (χ0) is 14.4. The number of imidazole rings is 1. The van der Waals surface area contributed by atoms with E-state index in [0.29, 0.717) is 17.0 Å². The van der Waals surface area contributed by atoms with E-state index in [1.54, 1.807) is 11.5 Å². The lowest BCUT2D eigenvalue weighted by atomic mass is 10.1. The Balaban J connectivity index is 2.07. The average molecular weight is 280 g/mol. The van der Waals surface area contributed by atoms with E-state index in [0.717, 1.165) is 5.69 Å². The first-order valence-corrected chi connectivity index (χ1v) is 6.33. The van der Waals surface area contributed by atoms with Gasteiger partial charge in [0.25, 0.3) is 0 Å². The number of ether oxygens (including phenoxy) is 1. The van der Waals surface area contributed by atoms with Gasteiger partial charge in [0.2, 0.25) is 0 Å². The molecule has 8 nitrogen and oxygen atoms in total. The van der Waals surface area contributed by atoms with Gasteiger partial charge in [-0.3, -0.25) is 4.57 Å². The maximum absolute atomic E-state index is 10.1. The number of aliphatic hydroxyl groups excluding tert-OH is 3. The largest absolute Gasteiger partial charge is 0.394 e. The van der Waals surface area contributed by atoms with E-state index < -0.39 is 24.5 Å². The standard InChI is InChI=1S/C12H16N4O4/c1-5-8-11(15-6(2)14-5)16(4-13-8)12-10(19)9(18)7(3-17)20-12/h4,7,9-10,12,17-19H,3H2,1-2H3/t7-,9+,10?,12-/m1/s1. The van der Waals surface area contributed by atoms with Crippen molar-refractivity contribution >= 4 is 11.2 Å². The van der Waals surface area contributed by atoms with Crippen molar-refractivity contribution in [3.8, 4) is 0 Å². The van der Waals surface area contributed by atoms with E-state index >= 15 is 0 Å². The van der Waals surface area contributed by atoms with Gasteiger partial charge in [-0.05, 0) is 13.8 Å². The maximum Gasteiger partial charge on any atom is 0.166 e. The zero-order valence-electron chi connectivity index (χ0n) is 11.1. The van der Waals surface area contributed by atoms with E-state index in [-0.39, 0.29) is 6.61 Å². The fraction of sp³-hybridized carbons (Fsp3) is 0.583. The summed E-state index contributed by atoms with van der Waals surface area (Å²) >= 11 is 0. The van der Waals surface area contributed by atoms with Crippen LogP contribution in [0, 0.1) is 13.8 Å². The molecule has 3 heterocycles. The van der Waals surface area contributed by atoms with Crippen LogP contribution in [0.1, 0.15) is 17.7 Å². The summed E-state index contributed by atoms with van der Waals surface area (Å²) in [6, 6.07) is 0. The van der Waals surface area contributed by atoms with Crippen LogP contribution >= 0.6 is 0 Å². The molecule has 0 amide bonds. The van der Waals surface area contributed by atoms with Gasteiger partial charge >= 0.3 is 0 Å². The first-order valence-electron chi connectivity index (χ1n) is 6.33. The molecule has 108 valence electrons. The topological polar surface area (TPSA) is 114 Å². The molecule has 2 aromatic rings. The van der Waals surface area contributed by atoms with Gasteiger partial charge < -0.3 is 20.1 Å². The lowest BCUT2D eigenvalue weighted by Crippen LogP contribution is -2.33. The van der Waals surface area contributed by atoms with Crippen LogP contribution in [-0.4, -0.2) is 59.8 Å². The molecule has 0 saturated carbocycles. The Bertz CT molecular complexity index is 644. The summed E-state index contributed by atoms with van der Waals surface area (Å²) in [5.74, 6) is 0.587. The van der Waals surface area contributed by atoms with E-state index in [2.05, 4.69) is 15.0 Å². The van der Waals surface area contributed by atoms with Gasteiger partial charge in [-0.2, -0.15) is 0 Å². The third kappa shape index (κ3) is 1.88. The Morgan fingerprint density at radius 3 is 2.65 bits per heavy atom. The van der Waals surface area contributed by atoms with E-state index in [1.165, 1.54) is 6.33 Å². The molecule has 0 bridgehead atoms. The van der Waals surface area contributed by atoms with Crippen molar-refractivity contribution in [1.29, 1.82) is 0 Å². The molecule has 4 atom stereocenters. The highest BCUT2D eigenvalue weighted by atomic mass is 16.6. The van der Waals surface area contributed by atoms with Crippen molar-refractivity contribution in [2.75, 3.05) is 6.61 Å². The van der Waals surface area contributed by atoms with Gasteiger partial charge in [0.05, 0.1) is 18.6 Å². The smallest absolute Gasteiger partial charge is 0.166 e. The minimum absolute atomic E-state index is 0.367. The van der Waals surface area contributed by atoms with Gasteiger partial charge in [0, 0.05) is 0 Å². The monoisotopic (exact) mass is 280 g/mol. The zero-order valence-corrected chi connectivity index (χ0v) is 11.1. The fourth-order valence-electron chi connectivity index (χ4n) is 2.49. The second-order valence-electron chi connectivity index (χ2n) is 4.91. The highest BCUT2D eigenvalue weighted by Gasteiger charge is 2.43. The molecule has 0 radical (unpaired) electrons. The maximum atomic E-state index is 10.1. The summed E-state index contributed by atoms with van der Waals surface area (Å²) in [7, 11) is 0. The van der Waals surface area contributed by atoms with Crippen LogP contribution in [-0.2, 0) is 4.74 Å². The predicted molar refractivity (Wildman–Crippen MR) is 67.8 cm³/mol. The minimum atomic E-state index is -1.15. The Labute approximate surface area is 114 Å². The second-order valence-corrected chi connectivity index (χ2v) is 4.91. The summed E-state index contributed by atoms with van der Waals surface area (Å²) in [5.41, 5.74) is 1.89. The van der Waals surface area contributed by atoms with Crippen LogP contribution in [0.25, 0.3) is 11.2 Å². The van der Waals surface area contributed by atoms with E-state index in [1.807, 2.05) is 6.92 Å². The SMILES string of the molecule is Cc1nc(C)c2ncn([C@@H]3O[C@H](CO)[C@H](O)C3O)c2n1. The van der Waals surface area contributed by atoms with Gasteiger partial charge in [-0.15, -0.1) is 0 Å². The Hall–Kier alpha value is -1.61. The van der Waals surface area contributed by atoms with Gasteiger partial charge in [-0.1, -0.05) is 0 Å². The quantitative estimate of drug-likeness (QED) is 0.650. The van der Waals surface area contributed by atoms with Gasteiger partial charge in [-0.25, -0.2) is 15.0 Å². The number of aromatic nitrogens is 4.